The summed E-state index contributed by atoms with van der Waals surface area (Å²) < 4.78 is 0. The van der Waals surface area contributed by atoms with Crippen LogP contribution in [0.2, 0.25) is 0 Å². The number of allylic oxidation sites excluding steroid dienone is 1. The molecule has 0 unspecified atom stereocenters. The second-order valence-electron chi connectivity index (χ2n) is 4.71. The molecular formula is C13H26N2. The van der Waals surface area contributed by atoms with Crippen LogP contribution >= 0.6 is 0 Å². The van der Waals surface area contributed by atoms with Gasteiger partial charge in [0.1, 0.15) is 0 Å². The lowest BCUT2D eigenvalue weighted by Gasteiger charge is -2.34. The molecule has 0 bridgehead atoms. The molecule has 15 heavy (non-hydrogen) atoms. The van der Waals surface area contributed by atoms with E-state index in [9.17, 15) is 0 Å². The number of hydrogen-bond acceptors (Lipinski definition) is 2. The largest absolute Gasteiger partial charge is 0.317 e. The van der Waals surface area contributed by atoms with E-state index in [1.165, 1.54) is 38.6 Å². The van der Waals surface area contributed by atoms with Crippen LogP contribution in [-0.4, -0.2) is 37.6 Å². The number of rotatable bonds is 6. The molecule has 1 aliphatic rings. The molecular weight excluding hydrogens is 184 g/mol. The van der Waals surface area contributed by atoms with Gasteiger partial charge in [0.25, 0.3) is 0 Å². The van der Waals surface area contributed by atoms with E-state index in [1.54, 1.807) is 0 Å². The topological polar surface area (TPSA) is 15.3 Å². The average Bonchev–Trinajstić information content (AvgIpc) is 2.29. The van der Waals surface area contributed by atoms with Gasteiger partial charge in [0.05, 0.1) is 0 Å². The maximum Gasteiger partial charge on any atom is 0.00933 e. The fraction of sp³-hybridized carbons (Fsp3) is 0.846. The van der Waals surface area contributed by atoms with Gasteiger partial charge in [-0.05, 0) is 59.2 Å². The van der Waals surface area contributed by atoms with Gasteiger partial charge in [-0.3, -0.25) is 0 Å². The van der Waals surface area contributed by atoms with Gasteiger partial charge in [-0.15, -0.1) is 6.58 Å². The highest BCUT2D eigenvalue weighted by molar-refractivity contribution is 4.81. The molecule has 0 aromatic carbocycles. The van der Waals surface area contributed by atoms with Crippen LogP contribution in [0.25, 0.3) is 0 Å². The zero-order valence-corrected chi connectivity index (χ0v) is 10.3. The van der Waals surface area contributed by atoms with Crippen LogP contribution in [0.15, 0.2) is 12.7 Å². The molecule has 2 nitrogen and oxygen atoms in total. The Morgan fingerprint density at radius 1 is 1.33 bits per heavy atom. The third-order valence-electron chi connectivity index (χ3n) is 3.65. The number of nitrogens with one attached hydrogen (secondary N) is 1. The summed E-state index contributed by atoms with van der Waals surface area (Å²) in [4.78, 5) is 2.54. The zero-order chi connectivity index (χ0) is 11.1. The minimum atomic E-state index is 0.767. The Morgan fingerprint density at radius 2 is 2.00 bits per heavy atom. The van der Waals surface area contributed by atoms with Crippen molar-refractivity contribution in [2.75, 3.05) is 20.6 Å². The highest BCUT2D eigenvalue weighted by Crippen LogP contribution is 2.22. The predicted octanol–water partition coefficient (Wildman–Crippen LogP) is 2.42. The summed E-state index contributed by atoms with van der Waals surface area (Å²) in [6.07, 6.45) is 9.82. The van der Waals surface area contributed by atoms with E-state index in [0.29, 0.717) is 0 Å². The van der Waals surface area contributed by atoms with Crippen LogP contribution in [0, 0.1) is 0 Å². The van der Waals surface area contributed by atoms with Crippen molar-refractivity contribution in [3.8, 4) is 0 Å². The summed E-state index contributed by atoms with van der Waals surface area (Å²) in [5, 5.41) is 3.38. The van der Waals surface area contributed by atoms with Crippen molar-refractivity contribution in [2.45, 2.75) is 50.6 Å². The lowest BCUT2D eigenvalue weighted by atomic mass is 9.90. The first kappa shape index (κ1) is 12.7. The van der Waals surface area contributed by atoms with Crippen LogP contribution in [0.5, 0.6) is 0 Å². The number of nitrogens with zero attached hydrogens (tertiary/aromatic N) is 1. The minimum absolute atomic E-state index is 0.767. The number of hydrogen-bond donors (Lipinski definition) is 1. The summed E-state index contributed by atoms with van der Waals surface area (Å²) >= 11 is 0. The molecule has 1 aliphatic carbocycles. The minimum Gasteiger partial charge on any atom is -0.317 e. The van der Waals surface area contributed by atoms with Crippen LogP contribution in [0.3, 0.4) is 0 Å². The molecule has 1 rings (SSSR count). The second-order valence-corrected chi connectivity index (χ2v) is 4.71. The molecule has 0 spiro atoms. The van der Waals surface area contributed by atoms with E-state index in [0.717, 1.165) is 18.5 Å². The molecule has 0 radical (unpaired) electrons. The zero-order valence-electron chi connectivity index (χ0n) is 10.3. The van der Waals surface area contributed by atoms with Gasteiger partial charge in [-0.1, -0.05) is 6.08 Å². The first-order valence-corrected chi connectivity index (χ1v) is 6.26. The fourth-order valence-corrected chi connectivity index (χ4v) is 2.47. The molecule has 88 valence electrons. The predicted molar refractivity (Wildman–Crippen MR) is 67.2 cm³/mol. The lowest BCUT2D eigenvalue weighted by Crippen LogP contribution is -2.40. The van der Waals surface area contributed by atoms with Crippen molar-refractivity contribution in [3.63, 3.8) is 0 Å². The van der Waals surface area contributed by atoms with Crippen LogP contribution in [0.4, 0.5) is 0 Å². The van der Waals surface area contributed by atoms with E-state index >= 15 is 0 Å². The standard InChI is InChI=1S/C13H26N2/c1-4-5-6-11-15(3)13-9-7-12(14-2)8-10-13/h4,12-14H,1,5-11H2,2-3H3. The molecule has 0 atom stereocenters. The van der Waals surface area contributed by atoms with Gasteiger partial charge < -0.3 is 10.2 Å². The Morgan fingerprint density at radius 3 is 2.53 bits per heavy atom. The third kappa shape index (κ3) is 4.35. The molecule has 0 saturated heterocycles. The highest BCUT2D eigenvalue weighted by Gasteiger charge is 2.22. The van der Waals surface area contributed by atoms with Gasteiger partial charge in [0.15, 0.2) is 0 Å². The van der Waals surface area contributed by atoms with Gasteiger partial charge in [-0.25, -0.2) is 0 Å². The van der Waals surface area contributed by atoms with Crippen molar-refractivity contribution >= 4 is 0 Å². The van der Waals surface area contributed by atoms with Gasteiger partial charge in [0.2, 0.25) is 0 Å². The molecule has 0 heterocycles. The van der Waals surface area contributed by atoms with Crippen molar-refractivity contribution in [2.24, 2.45) is 0 Å². The second kappa shape index (κ2) is 7.02. The first-order valence-electron chi connectivity index (χ1n) is 6.26. The summed E-state index contributed by atoms with van der Waals surface area (Å²) in [7, 11) is 4.35. The van der Waals surface area contributed by atoms with Gasteiger partial charge in [0, 0.05) is 12.1 Å². The Labute approximate surface area is 94.7 Å². The lowest BCUT2D eigenvalue weighted by molar-refractivity contribution is 0.175. The smallest absolute Gasteiger partial charge is 0.00933 e. The van der Waals surface area contributed by atoms with Gasteiger partial charge in [-0.2, -0.15) is 0 Å². The van der Waals surface area contributed by atoms with E-state index < -0.39 is 0 Å². The summed E-state index contributed by atoms with van der Waals surface area (Å²) in [6.45, 7) is 4.99. The average molecular weight is 210 g/mol. The Kier molecular flexibility index (Phi) is 5.96. The normalized spacial score (nSPS) is 26.9. The van der Waals surface area contributed by atoms with Crippen LogP contribution in [0.1, 0.15) is 38.5 Å². The Hall–Kier alpha value is -0.340. The Bertz CT molecular complexity index is 171. The monoisotopic (exact) mass is 210 g/mol. The van der Waals surface area contributed by atoms with E-state index in [1.807, 2.05) is 6.08 Å². The van der Waals surface area contributed by atoms with Crippen molar-refractivity contribution in [1.29, 1.82) is 0 Å². The van der Waals surface area contributed by atoms with Crippen molar-refractivity contribution < 1.29 is 0 Å². The highest BCUT2D eigenvalue weighted by atomic mass is 15.1. The quantitative estimate of drug-likeness (QED) is 0.535. The van der Waals surface area contributed by atoms with Crippen LogP contribution in [-0.2, 0) is 0 Å². The molecule has 1 N–H and O–H groups in total. The maximum absolute atomic E-state index is 3.76. The molecule has 1 saturated carbocycles. The SMILES string of the molecule is C=CCCCN(C)C1CCC(NC)CC1. The van der Waals surface area contributed by atoms with E-state index in [4.69, 9.17) is 0 Å². The number of unbranched alkanes of at least 4 members (excludes halogenated alkanes) is 1. The van der Waals surface area contributed by atoms with Crippen LogP contribution < -0.4 is 5.32 Å². The molecule has 1 fully saturated rings. The molecule has 2 heteroatoms. The molecule has 0 amide bonds. The van der Waals surface area contributed by atoms with Crippen molar-refractivity contribution in [3.05, 3.63) is 12.7 Å². The summed E-state index contributed by atoms with van der Waals surface area (Å²) in [6, 6.07) is 1.59. The van der Waals surface area contributed by atoms with Gasteiger partial charge >= 0.3 is 0 Å². The first-order chi connectivity index (χ1) is 7.27. The summed E-state index contributed by atoms with van der Waals surface area (Å²) in [5.74, 6) is 0. The Balaban J connectivity index is 2.17. The molecule has 0 aromatic rings. The maximum atomic E-state index is 3.76. The molecule has 0 aromatic heterocycles. The van der Waals surface area contributed by atoms with Crippen molar-refractivity contribution in [1.82, 2.24) is 10.2 Å². The van der Waals surface area contributed by atoms with E-state index in [-0.39, 0.29) is 0 Å². The third-order valence-corrected chi connectivity index (χ3v) is 3.65. The van der Waals surface area contributed by atoms with E-state index in [2.05, 4.69) is 30.9 Å². The summed E-state index contributed by atoms with van der Waals surface area (Å²) in [5.41, 5.74) is 0. The molecule has 0 aliphatic heterocycles. The fourth-order valence-electron chi connectivity index (χ4n) is 2.47.